The van der Waals surface area contributed by atoms with Gasteiger partial charge in [-0.05, 0) is 29.5 Å². The SMILES string of the molecule is C1=CC(=CC2CCc3ccccc32)C=C1. The van der Waals surface area contributed by atoms with Gasteiger partial charge in [-0.2, -0.15) is 0 Å². The van der Waals surface area contributed by atoms with Gasteiger partial charge in [-0.1, -0.05) is 54.6 Å². The molecule has 1 aromatic carbocycles. The topological polar surface area (TPSA) is 0 Å². The summed E-state index contributed by atoms with van der Waals surface area (Å²) in [6, 6.07) is 8.82. The third kappa shape index (κ3) is 1.56. The van der Waals surface area contributed by atoms with Crippen LogP contribution in [-0.2, 0) is 6.42 Å². The second kappa shape index (κ2) is 3.54. The lowest BCUT2D eigenvalue weighted by Gasteiger charge is -2.06. The summed E-state index contributed by atoms with van der Waals surface area (Å²) in [4.78, 5) is 0. The predicted octanol–water partition coefficient (Wildman–Crippen LogP) is 3.77. The normalized spacial score (nSPS) is 22.1. The molecule has 0 amide bonds. The molecule has 0 heterocycles. The molecule has 0 nitrogen and oxygen atoms in total. The van der Waals surface area contributed by atoms with Crippen molar-refractivity contribution in [2.24, 2.45) is 0 Å². The van der Waals surface area contributed by atoms with Crippen LogP contribution in [-0.4, -0.2) is 0 Å². The Morgan fingerprint density at radius 2 is 1.87 bits per heavy atom. The van der Waals surface area contributed by atoms with Crippen molar-refractivity contribution in [2.75, 3.05) is 0 Å². The smallest absolute Gasteiger partial charge is 0.00328 e. The van der Waals surface area contributed by atoms with Crippen LogP contribution in [0.15, 0.2) is 60.2 Å². The first-order valence-electron chi connectivity index (χ1n) is 5.58. The predicted molar refractivity (Wildman–Crippen MR) is 63.9 cm³/mol. The fourth-order valence-corrected chi connectivity index (χ4v) is 2.50. The van der Waals surface area contributed by atoms with Crippen molar-refractivity contribution in [2.45, 2.75) is 18.8 Å². The number of fused-ring (bicyclic) bond motifs is 1. The van der Waals surface area contributed by atoms with Gasteiger partial charge in [-0.15, -0.1) is 0 Å². The Bertz CT molecular complexity index is 447. The molecule has 0 heteroatoms. The van der Waals surface area contributed by atoms with E-state index in [4.69, 9.17) is 0 Å². The minimum absolute atomic E-state index is 0.628. The van der Waals surface area contributed by atoms with Gasteiger partial charge in [-0.25, -0.2) is 0 Å². The summed E-state index contributed by atoms with van der Waals surface area (Å²) < 4.78 is 0. The number of allylic oxidation sites excluding steroid dienone is 6. The average molecular weight is 194 g/mol. The van der Waals surface area contributed by atoms with E-state index >= 15 is 0 Å². The van der Waals surface area contributed by atoms with Crippen LogP contribution >= 0.6 is 0 Å². The lowest BCUT2D eigenvalue weighted by Crippen LogP contribution is -1.89. The molecule has 0 fully saturated rings. The second-order valence-electron chi connectivity index (χ2n) is 4.23. The van der Waals surface area contributed by atoms with E-state index in [1.54, 1.807) is 0 Å². The van der Waals surface area contributed by atoms with Crippen LogP contribution in [0.3, 0.4) is 0 Å². The van der Waals surface area contributed by atoms with Crippen LogP contribution < -0.4 is 0 Å². The first-order chi connectivity index (χ1) is 7.43. The molecule has 0 aromatic heterocycles. The van der Waals surface area contributed by atoms with Gasteiger partial charge in [0.05, 0.1) is 0 Å². The quantitative estimate of drug-likeness (QED) is 0.638. The highest BCUT2D eigenvalue weighted by Crippen LogP contribution is 2.34. The van der Waals surface area contributed by atoms with Gasteiger partial charge >= 0.3 is 0 Å². The molecule has 2 aliphatic carbocycles. The lowest BCUT2D eigenvalue weighted by molar-refractivity contribution is 0.812. The molecular formula is C15H14. The molecule has 1 unspecified atom stereocenters. The first kappa shape index (κ1) is 8.72. The van der Waals surface area contributed by atoms with Crippen molar-refractivity contribution in [1.29, 1.82) is 0 Å². The Morgan fingerprint density at radius 1 is 1.07 bits per heavy atom. The molecule has 0 aliphatic heterocycles. The second-order valence-corrected chi connectivity index (χ2v) is 4.23. The summed E-state index contributed by atoms with van der Waals surface area (Å²) in [5, 5.41) is 0. The lowest BCUT2D eigenvalue weighted by atomic mass is 9.99. The molecule has 0 N–H and O–H groups in total. The fraction of sp³-hybridized carbons (Fsp3) is 0.200. The van der Waals surface area contributed by atoms with Gasteiger partial charge < -0.3 is 0 Å². The van der Waals surface area contributed by atoms with Gasteiger partial charge in [0.1, 0.15) is 0 Å². The van der Waals surface area contributed by atoms with Gasteiger partial charge in [0, 0.05) is 5.92 Å². The van der Waals surface area contributed by atoms with Crippen LogP contribution in [0.25, 0.3) is 0 Å². The monoisotopic (exact) mass is 194 g/mol. The molecule has 1 atom stereocenters. The highest BCUT2D eigenvalue weighted by molar-refractivity contribution is 5.45. The summed E-state index contributed by atoms with van der Waals surface area (Å²) in [5.74, 6) is 0.628. The van der Waals surface area contributed by atoms with Crippen LogP contribution in [0.4, 0.5) is 0 Å². The Kier molecular flexibility index (Phi) is 2.06. The largest absolute Gasteiger partial charge is 0.0697 e. The number of rotatable bonds is 1. The first-order valence-corrected chi connectivity index (χ1v) is 5.58. The van der Waals surface area contributed by atoms with Crippen LogP contribution in [0.2, 0.25) is 0 Å². The van der Waals surface area contributed by atoms with Crippen molar-refractivity contribution in [1.82, 2.24) is 0 Å². The molecule has 1 aromatic rings. The van der Waals surface area contributed by atoms with Crippen molar-refractivity contribution < 1.29 is 0 Å². The number of hydrogen-bond acceptors (Lipinski definition) is 0. The summed E-state index contributed by atoms with van der Waals surface area (Å²) in [5.41, 5.74) is 4.42. The van der Waals surface area contributed by atoms with Gasteiger partial charge in [-0.3, -0.25) is 0 Å². The van der Waals surface area contributed by atoms with Crippen LogP contribution in [0.1, 0.15) is 23.5 Å². The Labute approximate surface area is 90.6 Å². The maximum absolute atomic E-state index is 2.39. The highest BCUT2D eigenvalue weighted by Gasteiger charge is 2.19. The zero-order valence-electron chi connectivity index (χ0n) is 8.69. The summed E-state index contributed by atoms with van der Waals surface area (Å²) >= 11 is 0. The van der Waals surface area contributed by atoms with Crippen molar-refractivity contribution >= 4 is 0 Å². The Hall–Kier alpha value is -1.56. The zero-order valence-corrected chi connectivity index (χ0v) is 8.69. The molecule has 0 radical (unpaired) electrons. The summed E-state index contributed by atoms with van der Waals surface area (Å²) in [7, 11) is 0. The highest BCUT2D eigenvalue weighted by atomic mass is 14.2. The zero-order chi connectivity index (χ0) is 10.1. The molecule has 3 rings (SSSR count). The molecule has 0 saturated carbocycles. The maximum atomic E-state index is 2.39. The Morgan fingerprint density at radius 3 is 2.73 bits per heavy atom. The molecule has 2 aliphatic rings. The summed E-state index contributed by atoms with van der Waals surface area (Å²) in [6.07, 6.45) is 13.5. The van der Waals surface area contributed by atoms with E-state index in [2.05, 4.69) is 54.6 Å². The third-order valence-corrected chi connectivity index (χ3v) is 3.26. The van der Waals surface area contributed by atoms with E-state index in [1.165, 1.54) is 29.5 Å². The maximum Gasteiger partial charge on any atom is 0.00328 e. The number of hydrogen-bond donors (Lipinski definition) is 0. The molecule has 15 heavy (non-hydrogen) atoms. The molecule has 0 saturated heterocycles. The molecule has 0 spiro atoms. The summed E-state index contributed by atoms with van der Waals surface area (Å²) in [6.45, 7) is 0. The van der Waals surface area contributed by atoms with Crippen molar-refractivity contribution in [3.8, 4) is 0 Å². The standard InChI is InChI=1S/C15H14/c1-2-6-12(5-1)11-14-10-9-13-7-3-4-8-15(13)14/h1-8,11,14H,9-10H2. The molecule has 0 bridgehead atoms. The van der Waals surface area contributed by atoms with E-state index < -0.39 is 0 Å². The van der Waals surface area contributed by atoms with Gasteiger partial charge in [0.2, 0.25) is 0 Å². The van der Waals surface area contributed by atoms with E-state index in [-0.39, 0.29) is 0 Å². The fourth-order valence-electron chi connectivity index (χ4n) is 2.50. The van der Waals surface area contributed by atoms with Gasteiger partial charge in [0.15, 0.2) is 0 Å². The Balaban J connectivity index is 1.94. The number of benzene rings is 1. The van der Waals surface area contributed by atoms with E-state index in [0.717, 1.165) is 0 Å². The van der Waals surface area contributed by atoms with Gasteiger partial charge in [0.25, 0.3) is 0 Å². The van der Waals surface area contributed by atoms with Crippen molar-refractivity contribution in [3.63, 3.8) is 0 Å². The average Bonchev–Trinajstić information content (AvgIpc) is 2.89. The van der Waals surface area contributed by atoms with Crippen LogP contribution in [0.5, 0.6) is 0 Å². The van der Waals surface area contributed by atoms with E-state index in [1.807, 2.05) is 0 Å². The third-order valence-electron chi connectivity index (χ3n) is 3.26. The van der Waals surface area contributed by atoms with E-state index in [0.29, 0.717) is 5.92 Å². The van der Waals surface area contributed by atoms with Crippen molar-refractivity contribution in [3.05, 3.63) is 71.3 Å². The number of aryl methyl sites for hydroxylation is 1. The molecular weight excluding hydrogens is 180 g/mol. The molecule has 74 valence electrons. The van der Waals surface area contributed by atoms with E-state index in [9.17, 15) is 0 Å². The minimum atomic E-state index is 0.628. The minimum Gasteiger partial charge on any atom is -0.0697 e. The van der Waals surface area contributed by atoms with Crippen LogP contribution in [0, 0.1) is 0 Å².